The monoisotopic (exact) mass is 277 g/mol. The van der Waals surface area contributed by atoms with E-state index in [1.807, 2.05) is 61.5 Å². The van der Waals surface area contributed by atoms with E-state index in [-0.39, 0.29) is 4.49 Å². The van der Waals surface area contributed by atoms with Crippen LogP contribution >= 0.6 is 23.2 Å². The van der Waals surface area contributed by atoms with E-state index in [0.29, 0.717) is 0 Å². The lowest BCUT2D eigenvalue weighted by Crippen LogP contribution is -1.94. The lowest BCUT2D eigenvalue weighted by molar-refractivity contribution is 1.50. The topological polar surface area (TPSA) is 12.0 Å². The predicted octanol–water partition coefficient (Wildman–Crippen LogP) is 5.60. The average molecular weight is 278 g/mol. The predicted molar refractivity (Wildman–Crippen MR) is 80.5 cm³/mol. The number of nitrogens with one attached hydrogen (secondary N) is 1. The van der Waals surface area contributed by atoms with E-state index in [0.717, 1.165) is 22.5 Å². The molecule has 0 bridgehead atoms. The number of hydrogen-bond acceptors (Lipinski definition) is 1. The van der Waals surface area contributed by atoms with Gasteiger partial charge in [-0.25, -0.2) is 0 Å². The molecule has 1 N–H and O–H groups in total. The fraction of sp³-hybridized carbons (Fsp3) is 0.0667. The molecular weight excluding hydrogens is 265 g/mol. The second kappa shape index (κ2) is 5.94. The highest BCUT2D eigenvalue weighted by molar-refractivity contribution is 6.58. The standard InChI is InChI=1S/C15H13Cl2N/c1-11(15(16)17)13-9-5-6-10-14(13)18-12-7-3-2-4-8-12/h2-10,18H,1H3. The molecule has 0 heterocycles. The molecule has 92 valence electrons. The minimum Gasteiger partial charge on any atom is -0.355 e. The van der Waals surface area contributed by atoms with Crippen LogP contribution in [0.1, 0.15) is 12.5 Å². The summed E-state index contributed by atoms with van der Waals surface area (Å²) in [5.74, 6) is 0. The molecule has 0 saturated carbocycles. The highest BCUT2D eigenvalue weighted by Crippen LogP contribution is 2.30. The van der Waals surface area contributed by atoms with Crippen LogP contribution in [0, 0.1) is 0 Å². The van der Waals surface area contributed by atoms with Gasteiger partial charge >= 0.3 is 0 Å². The van der Waals surface area contributed by atoms with Gasteiger partial charge in [-0.2, -0.15) is 0 Å². The molecule has 2 aromatic carbocycles. The van der Waals surface area contributed by atoms with Crippen molar-refractivity contribution in [1.29, 1.82) is 0 Å². The van der Waals surface area contributed by atoms with Crippen molar-refractivity contribution in [3.05, 3.63) is 64.7 Å². The Bertz CT molecular complexity index is 558. The van der Waals surface area contributed by atoms with E-state index in [9.17, 15) is 0 Å². The maximum atomic E-state index is 5.85. The summed E-state index contributed by atoms with van der Waals surface area (Å²) in [6.45, 7) is 1.90. The van der Waals surface area contributed by atoms with Crippen LogP contribution in [-0.2, 0) is 0 Å². The first-order valence-electron chi connectivity index (χ1n) is 5.62. The van der Waals surface area contributed by atoms with Crippen LogP contribution in [-0.4, -0.2) is 0 Å². The van der Waals surface area contributed by atoms with Crippen LogP contribution in [0.15, 0.2) is 59.1 Å². The third-order valence-electron chi connectivity index (χ3n) is 2.67. The van der Waals surface area contributed by atoms with Crippen LogP contribution in [0.4, 0.5) is 11.4 Å². The van der Waals surface area contributed by atoms with Crippen LogP contribution in [0.5, 0.6) is 0 Å². The molecule has 0 radical (unpaired) electrons. The molecule has 2 aromatic rings. The van der Waals surface area contributed by atoms with Crippen molar-refractivity contribution in [2.75, 3.05) is 5.32 Å². The molecule has 0 aliphatic rings. The fourth-order valence-electron chi connectivity index (χ4n) is 1.70. The highest BCUT2D eigenvalue weighted by atomic mass is 35.5. The second-order valence-electron chi connectivity index (χ2n) is 3.92. The van der Waals surface area contributed by atoms with Gasteiger partial charge in [-0.1, -0.05) is 59.6 Å². The van der Waals surface area contributed by atoms with E-state index in [2.05, 4.69) is 5.32 Å². The Hall–Kier alpha value is -1.44. The zero-order chi connectivity index (χ0) is 13.0. The SMILES string of the molecule is CC(=C(Cl)Cl)c1ccccc1Nc1ccccc1. The summed E-state index contributed by atoms with van der Waals surface area (Å²) in [7, 11) is 0. The van der Waals surface area contributed by atoms with Gasteiger partial charge in [0, 0.05) is 16.9 Å². The Kier molecular flexibility index (Phi) is 4.29. The van der Waals surface area contributed by atoms with Crippen molar-refractivity contribution in [3.63, 3.8) is 0 Å². The molecule has 0 atom stereocenters. The largest absolute Gasteiger partial charge is 0.355 e. The van der Waals surface area contributed by atoms with Crippen LogP contribution in [0.3, 0.4) is 0 Å². The highest BCUT2D eigenvalue weighted by Gasteiger charge is 2.06. The first-order chi connectivity index (χ1) is 8.68. The molecule has 0 unspecified atom stereocenters. The first kappa shape index (κ1) is 13.0. The van der Waals surface area contributed by atoms with Gasteiger partial charge in [0.25, 0.3) is 0 Å². The van der Waals surface area contributed by atoms with Crippen LogP contribution < -0.4 is 5.32 Å². The van der Waals surface area contributed by atoms with Gasteiger partial charge < -0.3 is 5.32 Å². The lowest BCUT2D eigenvalue weighted by Gasteiger charge is -2.12. The summed E-state index contributed by atoms with van der Waals surface area (Å²) in [6, 6.07) is 17.9. The molecule has 0 fully saturated rings. The van der Waals surface area contributed by atoms with E-state index >= 15 is 0 Å². The van der Waals surface area contributed by atoms with Crippen molar-refractivity contribution in [1.82, 2.24) is 0 Å². The van der Waals surface area contributed by atoms with E-state index in [1.165, 1.54) is 0 Å². The summed E-state index contributed by atoms with van der Waals surface area (Å²) >= 11 is 11.7. The first-order valence-corrected chi connectivity index (χ1v) is 6.37. The summed E-state index contributed by atoms with van der Waals surface area (Å²) in [5.41, 5.74) is 3.88. The molecular formula is C15H13Cl2N. The summed E-state index contributed by atoms with van der Waals surface area (Å²) in [6.07, 6.45) is 0. The Morgan fingerprint density at radius 2 is 1.50 bits per heavy atom. The molecule has 3 heteroatoms. The van der Waals surface area contributed by atoms with Crippen LogP contribution in [0.2, 0.25) is 0 Å². The normalized spacial score (nSPS) is 9.94. The Labute approximate surface area is 117 Å². The number of benzene rings is 2. The van der Waals surface area contributed by atoms with E-state index in [4.69, 9.17) is 23.2 Å². The minimum atomic E-state index is 0.289. The smallest absolute Gasteiger partial charge is 0.110 e. The van der Waals surface area contributed by atoms with Gasteiger partial charge in [-0.3, -0.25) is 0 Å². The zero-order valence-corrected chi connectivity index (χ0v) is 11.5. The van der Waals surface area contributed by atoms with Gasteiger partial charge in [0.15, 0.2) is 0 Å². The third-order valence-corrected chi connectivity index (χ3v) is 3.23. The third kappa shape index (κ3) is 3.06. The van der Waals surface area contributed by atoms with Gasteiger partial charge in [0.1, 0.15) is 4.49 Å². The molecule has 18 heavy (non-hydrogen) atoms. The molecule has 0 saturated heterocycles. The molecule has 2 rings (SSSR count). The van der Waals surface area contributed by atoms with Gasteiger partial charge in [-0.15, -0.1) is 0 Å². The van der Waals surface area contributed by atoms with Crippen molar-refractivity contribution in [2.24, 2.45) is 0 Å². The molecule has 0 spiro atoms. The van der Waals surface area contributed by atoms with Crippen molar-refractivity contribution in [3.8, 4) is 0 Å². The number of allylic oxidation sites excluding steroid dienone is 1. The molecule has 1 nitrogen and oxygen atoms in total. The summed E-state index contributed by atoms with van der Waals surface area (Å²) in [5, 5.41) is 3.36. The Morgan fingerprint density at radius 3 is 2.17 bits per heavy atom. The number of hydrogen-bond donors (Lipinski definition) is 1. The second-order valence-corrected chi connectivity index (χ2v) is 4.87. The fourth-order valence-corrected chi connectivity index (χ4v) is 1.90. The lowest BCUT2D eigenvalue weighted by atomic mass is 10.1. The van der Waals surface area contributed by atoms with Gasteiger partial charge in [0.2, 0.25) is 0 Å². The van der Waals surface area contributed by atoms with Crippen molar-refractivity contribution < 1.29 is 0 Å². The molecule has 0 aliphatic carbocycles. The van der Waals surface area contributed by atoms with E-state index < -0.39 is 0 Å². The van der Waals surface area contributed by atoms with E-state index in [1.54, 1.807) is 0 Å². The quantitative estimate of drug-likeness (QED) is 0.770. The molecule has 0 aliphatic heterocycles. The Morgan fingerprint density at radius 1 is 0.889 bits per heavy atom. The van der Waals surface area contributed by atoms with Crippen molar-refractivity contribution in [2.45, 2.75) is 6.92 Å². The minimum absolute atomic E-state index is 0.289. The summed E-state index contributed by atoms with van der Waals surface area (Å²) < 4.78 is 0.289. The van der Waals surface area contributed by atoms with Gasteiger partial charge in [0.05, 0.1) is 0 Å². The number of para-hydroxylation sites is 2. The number of anilines is 2. The molecule has 0 aromatic heterocycles. The maximum absolute atomic E-state index is 5.85. The van der Waals surface area contributed by atoms with Crippen molar-refractivity contribution >= 4 is 40.1 Å². The number of rotatable bonds is 3. The van der Waals surface area contributed by atoms with Crippen LogP contribution in [0.25, 0.3) is 5.57 Å². The number of halogens is 2. The van der Waals surface area contributed by atoms with Gasteiger partial charge in [-0.05, 0) is 30.7 Å². The average Bonchev–Trinajstić information content (AvgIpc) is 2.39. The zero-order valence-electron chi connectivity index (χ0n) is 9.95. The Balaban J connectivity index is 2.38. The summed E-state index contributed by atoms with van der Waals surface area (Å²) in [4.78, 5) is 0. The molecule has 0 amide bonds. The maximum Gasteiger partial charge on any atom is 0.110 e.